The second kappa shape index (κ2) is 6.15. The number of nitrogens with zero attached hydrogens (tertiary/aromatic N) is 2. The minimum absolute atomic E-state index is 0.0637. The van der Waals surface area contributed by atoms with Gasteiger partial charge in [0.2, 0.25) is 5.91 Å². The standard InChI is InChI=1S/C14H18N4O/c1-11(15)8-14(19)17-13-5-2-4-12(9-13)10-18-7-3-6-16-18/h2-7,9,11H,8,10,15H2,1H3,(H,17,19). The van der Waals surface area contributed by atoms with Gasteiger partial charge in [0.1, 0.15) is 0 Å². The predicted octanol–water partition coefficient (Wildman–Crippen LogP) is 1.61. The first-order valence-corrected chi connectivity index (χ1v) is 6.25. The number of carbonyl (C=O) groups is 1. The number of hydrogen-bond acceptors (Lipinski definition) is 3. The van der Waals surface area contributed by atoms with Crippen molar-refractivity contribution in [1.29, 1.82) is 0 Å². The smallest absolute Gasteiger partial charge is 0.225 e. The zero-order chi connectivity index (χ0) is 13.7. The van der Waals surface area contributed by atoms with Crippen LogP contribution in [0.4, 0.5) is 5.69 Å². The summed E-state index contributed by atoms with van der Waals surface area (Å²) in [5, 5.41) is 7.00. The Morgan fingerprint density at radius 2 is 2.32 bits per heavy atom. The molecule has 1 amide bonds. The van der Waals surface area contributed by atoms with Crippen molar-refractivity contribution in [3.05, 3.63) is 48.3 Å². The van der Waals surface area contributed by atoms with Gasteiger partial charge >= 0.3 is 0 Å². The molecule has 19 heavy (non-hydrogen) atoms. The number of benzene rings is 1. The van der Waals surface area contributed by atoms with Crippen LogP contribution in [0.1, 0.15) is 18.9 Å². The maximum absolute atomic E-state index is 11.6. The van der Waals surface area contributed by atoms with Crippen LogP contribution in [0.2, 0.25) is 0 Å². The van der Waals surface area contributed by atoms with Crippen molar-refractivity contribution in [3.63, 3.8) is 0 Å². The number of aromatic nitrogens is 2. The molecule has 1 heterocycles. The summed E-state index contributed by atoms with van der Waals surface area (Å²) in [6.45, 7) is 2.50. The number of nitrogens with one attached hydrogen (secondary N) is 1. The van der Waals surface area contributed by atoms with E-state index in [0.29, 0.717) is 13.0 Å². The number of rotatable bonds is 5. The Morgan fingerprint density at radius 1 is 1.47 bits per heavy atom. The number of nitrogens with two attached hydrogens (primary N) is 1. The number of hydrogen-bond donors (Lipinski definition) is 2. The summed E-state index contributed by atoms with van der Waals surface area (Å²) in [5.74, 6) is -0.0637. The van der Waals surface area contributed by atoms with E-state index < -0.39 is 0 Å². The third-order valence-electron chi connectivity index (χ3n) is 2.62. The summed E-state index contributed by atoms with van der Waals surface area (Å²) in [6.07, 6.45) is 3.97. The zero-order valence-electron chi connectivity index (χ0n) is 10.9. The third kappa shape index (κ3) is 4.22. The van der Waals surface area contributed by atoms with Gasteiger partial charge in [-0.2, -0.15) is 5.10 Å². The zero-order valence-corrected chi connectivity index (χ0v) is 10.9. The van der Waals surface area contributed by atoms with Crippen LogP contribution in [0.5, 0.6) is 0 Å². The molecular formula is C14H18N4O. The molecule has 5 nitrogen and oxygen atoms in total. The van der Waals surface area contributed by atoms with Crippen LogP contribution in [0.15, 0.2) is 42.7 Å². The number of amides is 1. The van der Waals surface area contributed by atoms with Crippen LogP contribution in [0.25, 0.3) is 0 Å². The molecule has 0 saturated carbocycles. The van der Waals surface area contributed by atoms with Crippen LogP contribution < -0.4 is 11.1 Å². The highest BCUT2D eigenvalue weighted by Crippen LogP contribution is 2.12. The maximum atomic E-state index is 11.6. The largest absolute Gasteiger partial charge is 0.327 e. The highest BCUT2D eigenvalue weighted by Gasteiger charge is 2.05. The summed E-state index contributed by atoms with van der Waals surface area (Å²) in [6, 6.07) is 9.48. The molecule has 100 valence electrons. The van der Waals surface area contributed by atoms with Crippen molar-refractivity contribution in [2.75, 3.05) is 5.32 Å². The summed E-state index contributed by atoms with van der Waals surface area (Å²) < 4.78 is 1.84. The first-order valence-electron chi connectivity index (χ1n) is 6.25. The number of carbonyl (C=O) groups excluding carboxylic acids is 1. The first kappa shape index (κ1) is 13.3. The molecule has 1 aromatic heterocycles. The molecule has 0 aliphatic heterocycles. The fraction of sp³-hybridized carbons (Fsp3) is 0.286. The van der Waals surface area contributed by atoms with Crippen LogP contribution in [0, 0.1) is 0 Å². The monoisotopic (exact) mass is 258 g/mol. The normalized spacial score (nSPS) is 12.1. The highest BCUT2D eigenvalue weighted by atomic mass is 16.1. The van der Waals surface area contributed by atoms with Gasteiger partial charge in [-0.15, -0.1) is 0 Å². The molecule has 5 heteroatoms. The molecule has 0 bridgehead atoms. The van der Waals surface area contributed by atoms with Crippen molar-refractivity contribution in [2.45, 2.75) is 25.9 Å². The van der Waals surface area contributed by atoms with E-state index in [2.05, 4.69) is 10.4 Å². The fourth-order valence-corrected chi connectivity index (χ4v) is 1.83. The van der Waals surface area contributed by atoms with Crippen molar-refractivity contribution in [3.8, 4) is 0 Å². The topological polar surface area (TPSA) is 72.9 Å². The van der Waals surface area contributed by atoms with Crippen LogP contribution >= 0.6 is 0 Å². The van der Waals surface area contributed by atoms with Gasteiger partial charge in [0.25, 0.3) is 0 Å². The Kier molecular flexibility index (Phi) is 4.30. The van der Waals surface area contributed by atoms with E-state index in [1.807, 2.05) is 48.1 Å². The van der Waals surface area contributed by atoms with Gasteiger partial charge in [0.15, 0.2) is 0 Å². The Labute approximate surface area is 112 Å². The molecule has 0 saturated heterocycles. The van der Waals surface area contributed by atoms with Gasteiger partial charge in [0.05, 0.1) is 6.54 Å². The van der Waals surface area contributed by atoms with Gasteiger partial charge < -0.3 is 11.1 Å². The molecule has 0 radical (unpaired) electrons. The Morgan fingerprint density at radius 3 is 3.00 bits per heavy atom. The maximum Gasteiger partial charge on any atom is 0.225 e. The van der Waals surface area contributed by atoms with Crippen molar-refractivity contribution < 1.29 is 4.79 Å². The summed E-state index contributed by atoms with van der Waals surface area (Å²) in [4.78, 5) is 11.6. The molecule has 2 rings (SSSR count). The minimum Gasteiger partial charge on any atom is -0.327 e. The van der Waals surface area contributed by atoms with Crippen molar-refractivity contribution in [1.82, 2.24) is 9.78 Å². The molecule has 0 aliphatic rings. The Balaban J connectivity index is 2.01. The number of anilines is 1. The molecule has 1 aromatic carbocycles. The molecule has 2 aromatic rings. The molecule has 0 fully saturated rings. The van der Waals surface area contributed by atoms with Crippen LogP contribution in [-0.4, -0.2) is 21.7 Å². The van der Waals surface area contributed by atoms with E-state index in [1.54, 1.807) is 6.20 Å². The van der Waals surface area contributed by atoms with E-state index in [-0.39, 0.29) is 11.9 Å². The van der Waals surface area contributed by atoms with E-state index in [0.717, 1.165) is 11.3 Å². The van der Waals surface area contributed by atoms with Gasteiger partial charge in [-0.1, -0.05) is 12.1 Å². The van der Waals surface area contributed by atoms with Crippen LogP contribution in [-0.2, 0) is 11.3 Å². The van der Waals surface area contributed by atoms with Gasteiger partial charge in [0, 0.05) is 30.5 Å². The lowest BCUT2D eigenvalue weighted by molar-refractivity contribution is -0.116. The molecule has 3 N–H and O–H groups in total. The SMILES string of the molecule is CC(N)CC(=O)Nc1cccc(Cn2cccn2)c1. The Hall–Kier alpha value is -2.14. The lowest BCUT2D eigenvalue weighted by Crippen LogP contribution is -2.24. The second-order valence-corrected chi connectivity index (χ2v) is 4.63. The quantitative estimate of drug-likeness (QED) is 0.855. The lowest BCUT2D eigenvalue weighted by atomic mass is 10.2. The highest BCUT2D eigenvalue weighted by molar-refractivity contribution is 5.91. The average molecular weight is 258 g/mol. The molecule has 1 unspecified atom stereocenters. The van der Waals surface area contributed by atoms with E-state index in [1.165, 1.54) is 0 Å². The molecule has 1 atom stereocenters. The summed E-state index contributed by atoms with van der Waals surface area (Å²) >= 11 is 0. The van der Waals surface area contributed by atoms with Gasteiger partial charge in [-0.25, -0.2) is 0 Å². The lowest BCUT2D eigenvalue weighted by Gasteiger charge is -2.09. The summed E-state index contributed by atoms with van der Waals surface area (Å²) in [5.41, 5.74) is 7.47. The third-order valence-corrected chi connectivity index (χ3v) is 2.62. The van der Waals surface area contributed by atoms with E-state index in [9.17, 15) is 4.79 Å². The van der Waals surface area contributed by atoms with Crippen LogP contribution in [0.3, 0.4) is 0 Å². The Bertz CT molecular complexity index is 534. The predicted molar refractivity (Wildman–Crippen MR) is 74.7 cm³/mol. The summed E-state index contributed by atoms with van der Waals surface area (Å²) in [7, 11) is 0. The molecule has 0 aliphatic carbocycles. The van der Waals surface area contributed by atoms with Crippen molar-refractivity contribution in [2.24, 2.45) is 5.73 Å². The fourth-order valence-electron chi connectivity index (χ4n) is 1.83. The second-order valence-electron chi connectivity index (χ2n) is 4.63. The van der Waals surface area contributed by atoms with Crippen molar-refractivity contribution >= 4 is 11.6 Å². The minimum atomic E-state index is -0.132. The molecule has 0 spiro atoms. The average Bonchev–Trinajstić information content (AvgIpc) is 2.81. The van der Waals surface area contributed by atoms with Gasteiger partial charge in [-0.3, -0.25) is 9.48 Å². The molecular weight excluding hydrogens is 240 g/mol. The van der Waals surface area contributed by atoms with E-state index in [4.69, 9.17) is 5.73 Å². The first-order chi connectivity index (χ1) is 9.13. The van der Waals surface area contributed by atoms with E-state index >= 15 is 0 Å². The van der Waals surface area contributed by atoms with Gasteiger partial charge in [-0.05, 0) is 30.7 Å².